The van der Waals surface area contributed by atoms with Gasteiger partial charge in [0, 0.05) is 33.3 Å². The van der Waals surface area contributed by atoms with Gasteiger partial charge in [0.1, 0.15) is 11.4 Å². The minimum Gasteiger partial charge on any atom is -0.478 e. The Morgan fingerprint density at radius 2 is 2.24 bits per heavy atom. The molecule has 17 heavy (non-hydrogen) atoms. The molecule has 0 aliphatic heterocycles. The Bertz CT molecular complexity index is 420. The minimum atomic E-state index is -1.03. The van der Waals surface area contributed by atoms with E-state index in [9.17, 15) is 9.59 Å². The van der Waals surface area contributed by atoms with E-state index >= 15 is 0 Å². The molecule has 6 heteroatoms. The molecule has 1 rings (SSSR count). The fourth-order valence-corrected chi connectivity index (χ4v) is 1.37. The number of rotatable bonds is 5. The lowest BCUT2D eigenvalue weighted by Gasteiger charge is -2.19. The second-order valence-electron chi connectivity index (χ2n) is 3.52. The van der Waals surface area contributed by atoms with Gasteiger partial charge in [-0.1, -0.05) is 0 Å². The highest BCUT2D eigenvalue weighted by Gasteiger charge is 2.14. The first kappa shape index (κ1) is 13.0. The van der Waals surface area contributed by atoms with Gasteiger partial charge in [0.2, 0.25) is 5.91 Å². The second kappa shape index (κ2) is 5.83. The Hall–Kier alpha value is -2.11. The summed E-state index contributed by atoms with van der Waals surface area (Å²) in [5.74, 6) is -0.756. The van der Waals surface area contributed by atoms with Crippen molar-refractivity contribution in [1.82, 2.24) is 10.3 Å². The van der Waals surface area contributed by atoms with E-state index in [1.807, 2.05) is 0 Å². The normalized spacial score (nSPS) is 9.76. The van der Waals surface area contributed by atoms with Crippen molar-refractivity contribution in [3.63, 3.8) is 0 Å². The van der Waals surface area contributed by atoms with Crippen molar-refractivity contribution in [2.75, 3.05) is 25.5 Å². The largest absolute Gasteiger partial charge is 0.478 e. The summed E-state index contributed by atoms with van der Waals surface area (Å²) in [6.45, 7) is 0.414. The maximum atomic E-state index is 11.1. The molecule has 6 nitrogen and oxygen atoms in total. The van der Waals surface area contributed by atoms with E-state index in [-0.39, 0.29) is 11.5 Å². The standard InChI is InChI=1S/C11H15N3O3/c1-12-9(15)5-7-14(2)10-8(11(16)17)4-3-6-13-10/h3-4,6H,5,7H2,1-2H3,(H,12,15)(H,16,17). The number of carboxylic acids is 1. The molecule has 0 aliphatic carbocycles. The van der Waals surface area contributed by atoms with Crippen LogP contribution in [0.4, 0.5) is 5.82 Å². The number of carbonyl (C=O) groups is 2. The third kappa shape index (κ3) is 3.44. The number of amides is 1. The van der Waals surface area contributed by atoms with Crippen LogP contribution in [0.3, 0.4) is 0 Å². The van der Waals surface area contributed by atoms with Crippen molar-refractivity contribution >= 4 is 17.7 Å². The van der Waals surface area contributed by atoms with Gasteiger partial charge in [-0.25, -0.2) is 9.78 Å². The molecule has 1 aromatic rings. The molecule has 0 fully saturated rings. The summed E-state index contributed by atoms with van der Waals surface area (Å²) >= 11 is 0. The summed E-state index contributed by atoms with van der Waals surface area (Å²) < 4.78 is 0. The molecule has 0 saturated carbocycles. The number of aromatic nitrogens is 1. The third-order valence-electron chi connectivity index (χ3n) is 2.33. The van der Waals surface area contributed by atoms with Crippen LogP contribution < -0.4 is 10.2 Å². The summed E-state index contributed by atoms with van der Waals surface area (Å²) in [7, 11) is 3.27. The second-order valence-corrected chi connectivity index (χ2v) is 3.52. The van der Waals surface area contributed by atoms with Gasteiger partial charge in [0.25, 0.3) is 0 Å². The summed E-state index contributed by atoms with van der Waals surface area (Å²) in [5, 5.41) is 11.5. The average Bonchev–Trinajstić information content (AvgIpc) is 2.35. The SMILES string of the molecule is CNC(=O)CCN(C)c1ncccc1C(=O)O. The smallest absolute Gasteiger partial charge is 0.339 e. The fraction of sp³-hybridized carbons (Fsp3) is 0.364. The first-order valence-corrected chi connectivity index (χ1v) is 5.16. The van der Waals surface area contributed by atoms with Crippen LogP contribution in [0.15, 0.2) is 18.3 Å². The summed E-state index contributed by atoms with van der Waals surface area (Å²) in [5.41, 5.74) is 0.131. The van der Waals surface area contributed by atoms with Gasteiger partial charge in [0.05, 0.1) is 0 Å². The van der Waals surface area contributed by atoms with Gasteiger partial charge in [0.15, 0.2) is 0 Å². The van der Waals surface area contributed by atoms with Crippen LogP contribution in [0.1, 0.15) is 16.8 Å². The zero-order chi connectivity index (χ0) is 12.8. The summed E-state index contributed by atoms with van der Waals surface area (Å²) in [4.78, 5) is 27.7. The number of nitrogens with zero attached hydrogens (tertiary/aromatic N) is 2. The summed E-state index contributed by atoms with van der Waals surface area (Å²) in [6, 6.07) is 3.06. The minimum absolute atomic E-state index is 0.0929. The lowest BCUT2D eigenvalue weighted by Crippen LogP contribution is -2.28. The molecule has 0 atom stereocenters. The number of anilines is 1. The number of carbonyl (C=O) groups excluding carboxylic acids is 1. The number of hydrogen-bond acceptors (Lipinski definition) is 4. The Morgan fingerprint density at radius 3 is 2.82 bits per heavy atom. The van der Waals surface area contributed by atoms with Crippen molar-refractivity contribution in [2.45, 2.75) is 6.42 Å². The quantitative estimate of drug-likeness (QED) is 0.772. The molecule has 0 aliphatic rings. The molecule has 0 aromatic carbocycles. The van der Waals surface area contributed by atoms with Gasteiger partial charge in [-0.3, -0.25) is 4.79 Å². The molecule has 2 N–H and O–H groups in total. The Balaban J connectivity index is 2.78. The molecule has 0 radical (unpaired) electrons. The molecule has 0 spiro atoms. The van der Waals surface area contributed by atoms with Gasteiger partial charge in [-0.15, -0.1) is 0 Å². The molecular formula is C11H15N3O3. The molecule has 0 saturated heterocycles. The lowest BCUT2D eigenvalue weighted by molar-refractivity contribution is -0.120. The van der Waals surface area contributed by atoms with E-state index in [2.05, 4.69) is 10.3 Å². The van der Waals surface area contributed by atoms with E-state index in [1.54, 1.807) is 25.1 Å². The van der Waals surface area contributed by atoms with Crippen molar-refractivity contribution < 1.29 is 14.7 Å². The average molecular weight is 237 g/mol. The molecule has 0 bridgehead atoms. The molecule has 1 amide bonds. The van der Waals surface area contributed by atoms with Crippen molar-refractivity contribution in [1.29, 1.82) is 0 Å². The van der Waals surface area contributed by atoms with Crippen molar-refractivity contribution in [3.05, 3.63) is 23.9 Å². The van der Waals surface area contributed by atoms with E-state index in [0.717, 1.165) is 0 Å². The first-order valence-electron chi connectivity index (χ1n) is 5.16. The summed E-state index contributed by atoms with van der Waals surface area (Å²) in [6.07, 6.45) is 1.82. The Morgan fingerprint density at radius 1 is 1.53 bits per heavy atom. The first-order chi connectivity index (χ1) is 8.06. The van der Waals surface area contributed by atoms with Crippen LogP contribution in [0, 0.1) is 0 Å². The maximum Gasteiger partial charge on any atom is 0.339 e. The number of aromatic carboxylic acids is 1. The molecule has 92 valence electrons. The topological polar surface area (TPSA) is 82.5 Å². The van der Waals surface area contributed by atoms with E-state index in [0.29, 0.717) is 18.8 Å². The Kier molecular flexibility index (Phi) is 4.45. The van der Waals surface area contributed by atoms with E-state index < -0.39 is 5.97 Å². The van der Waals surface area contributed by atoms with Gasteiger partial charge in [-0.2, -0.15) is 0 Å². The van der Waals surface area contributed by atoms with Crippen LogP contribution in [0.5, 0.6) is 0 Å². The predicted octanol–water partition coefficient (Wildman–Crippen LogP) is 0.352. The maximum absolute atomic E-state index is 11.1. The van der Waals surface area contributed by atoms with Crippen LogP contribution in [0.2, 0.25) is 0 Å². The van der Waals surface area contributed by atoms with Crippen LogP contribution in [-0.2, 0) is 4.79 Å². The van der Waals surface area contributed by atoms with Crippen LogP contribution in [0.25, 0.3) is 0 Å². The highest BCUT2D eigenvalue weighted by atomic mass is 16.4. The van der Waals surface area contributed by atoms with Gasteiger partial charge < -0.3 is 15.3 Å². The molecule has 0 unspecified atom stereocenters. The predicted molar refractivity (Wildman–Crippen MR) is 63.2 cm³/mol. The highest BCUT2D eigenvalue weighted by molar-refractivity contribution is 5.93. The number of nitrogens with one attached hydrogen (secondary N) is 1. The highest BCUT2D eigenvalue weighted by Crippen LogP contribution is 2.15. The fourth-order valence-electron chi connectivity index (χ4n) is 1.37. The lowest BCUT2D eigenvalue weighted by atomic mass is 10.2. The van der Waals surface area contributed by atoms with Gasteiger partial charge >= 0.3 is 5.97 Å². The van der Waals surface area contributed by atoms with Crippen LogP contribution >= 0.6 is 0 Å². The third-order valence-corrected chi connectivity index (χ3v) is 2.33. The number of hydrogen-bond donors (Lipinski definition) is 2. The number of pyridine rings is 1. The van der Waals surface area contributed by atoms with E-state index in [4.69, 9.17) is 5.11 Å². The molecule has 1 heterocycles. The Labute approximate surface area is 99.3 Å². The number of carboxylic acid groups (broad SMARTS) is 1. The molecular weight excluding hydrogens is 222 g/mol. The zero-order valence-corrected chi connectivity index (χ0v) is 9.80. The monoisotopic (exact) mass is 237 g/mol. The van der Waals surface area contributed by atoms with Crippen molar-refractivity contribution in [3.8, 4) is 0 Å². The van der Waals surface area contributed by atoms with E-state index in [1.165, 1.54) is 12.3 Å². The van der Waals surface area contributed by atoms with Crippen molar-refractivity contribution in [2.24, 2.45) is 0 Å². The molecule has 1 aromatic heterocycles. The van der Waals surface area contributed by atoms with Gasteiger partial charge in [-0.05, 0) is 12.1 Å². The zero-order valence-electron chi connectivity index (χ0n) is 9.80. The van der Waals surface area contributed by atoms with Crippen LogP contribution in [-0.4, -0.2) is 42.6 Å².